The van der Waals surface area contributed by atoms with E-state index in [1.54, 1.807) is 12.1 Å². The van der Waals surface area contributed by atoms with Crippen molar-refractivity contribution in [3.05, 3.63) is 47.5 Å². The standard InChI is InChI=1S/C27H32O14.2H2O/c1-10-20(32)22(34)24(36)26(37-10)41-25-23(35)21(33)18(9-28)40-27(25)38-13-6-14(30)19-15(31)8-16(39-17(19)7-13)11-2-4-12(29)5-3-11;;/h2-7,10,16,18,20-30,32-36H,8-9H2,1H3;2*1H2/t10-,16-,18+,20-,21+,22+,23-,24+,25+,26-,27+;;/m0../s1. The molecule has 0 spiro atoms. The Balaban J connectivity index is 0.00000253. The number of benzene rings is 2. The van der Waals surface area contributed by atoms with E-state index in [0.29, 0.717) is 5.56 Å². The molecular weight excluding hydrogens is 580 g/mol. The van der Waals surface area contributed by atoms with E-state index < -0.39 is 85.7 Å². The Kier molecular flexibility index (Phi) is 10.9. The molecule has 11 atom stereocenters. The predicted molar refractivity (Wildman–Crippen MR) is 141 cm³/mol. The van der Waals surface area contributed by atoms with Crippen molar-refractivity contribution in [2.24, 2.45) is 0 Å². The number of Topliss-reactive ketones (excluding diaryl/α,β-unsaturated/α-hetero) is 1. The van der Waals surface area contributed by atoms with Gasteiger partial charge in [-0.05, 0) is 24.6 Å². The highest BCUT2D eigenvalue weighted by Crippen LogP contribution is 2.43. The molecule has 0 saturated carbocycles. The van der Waals surface area contributed by atoms with Crippen molar-refractivity contribution in [1.29, 1.82) is 0 Å². The molecule has 0 bridgehead atoms. The van der Waals surface area contributed by atoms with Gasteiger partial charge in [-0.15, -0.1) is 0 Å². The molecule has 0 radical (unpaired) electrons. The van der Waals surface area contributed by atoms with Gasteiger partial charge < -0.3 is 75.5 Å². The number of rotatable bonds is 6. The second kappa shape index (κ2) is 13.7. The first-order valence-corrected chi connectivity index (χ1v) is 13.0. The van der Waals surface area contributed by atoms with Gasteiger partial charge in [0.2, 0.25) is 6.29 Å². The second-order valence-corrected chi connectivity index (χ2v) is 10.2. The minimum absolute atomic E-state index is 0. The Labute approximate surface area is 244 Å². The van der Waals surface area contributed by atoms with Crippen LogP contribution in [0.15, 0.2) is 36.4 Å². The smallest absolute Gasteiger partial charge is 0.229 e. The van der Waals surface area contributed by atoms with Crippen molar-refractivity contribution in [3.63, 3.8) is 0 Å². The zero-order chi connectivity index (χ0) is 29.6. The summed E-state index contributed by atoms with van der Waals surface area (Å²) in [6, 6.07) is 8.50. The summed E-state index contributed by atoms with van der Waals surface area (Å²) in [6.45, 7) is 0.716. The highest BCUT2D eigenvalue weighted by molar-refractivity contribution is 6.02. The number of carbonyl (C=O) groups is 1. The topological polar surface area (TPSA) is 288 Å². The van der Waals surface area contributed by atoms with Crippen LogP contribution in [0.4, 0.5) is 0 Å². The molecule has 12 N–H and O–H groups in total. The van der Waals surface area contributed by atoms with Gasteiger partial charge >= 0.3 is 0 Å². The van der Waals surface area contributed by atoms with Crippen LogP contribution in [0.1, 0.15) is 35.4 Å². The molecule has 240 valence electrons. The maximum absolute atomic E-state index is 12.9. The third kappa shape index (κ3) is 6.69. The Hall–Kier alpha value is -3.13. The molecule has 3 heterocycles. The van der Waals surface area contributed by atoms with Gasteiger partial charge in [0.1, 0.15) is 71.3 Å². The number of aliphatic hydroxyl groups is 6. The highest BCUT2D eigenvalue weighted by atomic mass is 16.8. The second-order valence-electron chi connectivity index (χ2n) is 10.2. The lowest BCUT2D eigenvalue weighted by Gasteiger charge is -2.45. The highest BCUT2D eigenvalue weighted by Gasteiger charge is 2.51. The van der Waals surface area contributed by atoms with Crippen LogP contribution in [-0.4, -0.2) is 126 Å². The molecule has 2 aromatic carbocycles. The number of ether oxygens (including phenoxy) is 5. The van der Waals surface area contributed by atoms with E-state index >= 15 is 0 Å². The van der Waals surface area contributed by atoms with Gasteiger partial charge in [-0.3, -0.25) is 4.79 Å². The van der Waals surface area contributed by atoms with Crippen LogP contribution in [-0.2, 0) is 14.2 Å². The van der Waals surface area contributed by atoms with Gasteiger partial charge in [0.25, 0.3) is 0 Å². The van der Waals surface area contributed by atoms with Gasteiger partial charge in [-0.25, -0.2) is 0 Å². The minimum atomic E-state index is -1.75. The van der Waals surface area contributed by atoms with E-state index in [1.807, 2.05) is 0 Å². The lowest BCUT2D eigenvalue weighted by Crippen LogP contribution is -2.64. The predicted octanol–water partition coefficient (Wildman–Crippen LogP) is -2.81. The zero-order valence-corrected chi connectivity index (χ0v) is 22.8. The number of hydrogen-bond donors (Lipinski definition) is 8. The third-order valence-electron chi connectivity index (χ3n) is 7.42. The normalized spacial score (nSPS) is 35.5. The van der Waals surface area contributed by atoms with Gasteiger partial charge in [0.15, 0.2) is 18.2 Å². The summed E-state index contributed by atoms with van der Waals surface area (Å²) in [5, 5.41) is 81.6. The number of ketones is 1. The van der Waals surface area contributed by atoms with Crippen molar-refractivity contribution in [3.8, 4) is 23.0 Å². The number of carbonyl (C=O) groups excluding carboxylic acids is 1. The molecule has 5 rings (SSSR count). The van der Waals surface area contributed by atoms with E-state index in [1.165, 1.54) is 25.1 Å². The Bertz CT molecular complexity index is 1240. The summed E-state index contributed by atoms with van der Waals surface area (Å²) in [4.78, 5) is 12.9. The van der Waals surface area contributed by atoms with Crippen molar-refractivity contribution in [2.45, 2.75) is 80.9 Å². The molecule has 0 aromatic heterocycles. The molecule has 0 aliphatic carbocycles. The third-order valence-corrected chi connectivity index (χ3v) is 7.42. The van der Waals surface area contributed by atoms with Crippen LogP contribution in [0, 0.1) is 0 Å². The van der Waals surface area contributed by atoms with Crippen LogP contribution in [0.5, 0.6) is 23.0 Å². The van der Waals surface area contributed by atoms with Crippen LogP contribution in [0.3, 0.4) is 0 Å². The molecule has 3 aliphatic rings. The number of fused-ring (bicyclic) bond motifs is 1. The van der Waals surface area contributed by atoms with Crippen molar-refractivity contribution in [2.75, 3.05) is 6.61 Å². The molecule has 16 nitrogen and oxygen atoms in total. The van der Waals surface area contributed by atoms with Gasteiger partial charge in [0.05, 0.1) is 19.1 Å². The molecular formula is C27H36O16. The maximum Gasteiger partial charge on any atom is 0.229 e. The summed E-state index contributed by atoms with van der Waals surface area (Å²) in [7, 11) is 0. The first kappa shape index (κ1) is 34.4. The summed E-state index contributed by atoms with van der Waals surface area (Å²) in [5.41, 5.74) is 0.529. The molecule has 16 heteroatoms. The summed E-state index contributed by atoms with van der Waals surface area (Å²) >= 11 is 0. The molecule has 2 aromatic rings. The monoisotopic (exact) mass is 616 g/mol. The van der Waals surface area contributed by atoms with E-state index in [2.05, 4.69) is 0 Å². The zero-order valence-electron chi connectivity index (χ0n) is 22.8. The summed E-state index contributed by atoms with van der Waals surface area (Å²) in [6.07, 6.45) is -16.0. The van der Waals surface area contributed by atoms with Crippen LogP contribution < -0.4 is 9.47 Å². The molecule has 0 unspecified atom stereocenters. The fourth-order valence-electron chi connectivity index (χ4n) is 5.07. The Morgan fingerprint density at radius 1 is 0.860 bits per heavy atom. The fraction of sp³-hybridized carbons (Fsp3) is 0.519. The maximum atomic E-state index is 12.9. The Morgan fingerprint density at radius 3 is 2.19 bits per heavy atom. The van der Waals surface area contributed by atoms with Crippen LogP contribution >= 0.6 is 0 Å². The number of aliphatic hydroxyl groups excluding tert-OH is 6. The lowest BCUT2D eigenvalue weighted by atomic mass is 9.95. The van der Waals surface area contributed by atoms with E-state index in [4.69, 9.17) is 23.7 Å². The van der Waals surface area contributed by atoms with Gasteiger partial charge in [-0.2, -0.15) is 0 Å². The van der Waals surface area contributed by atoms with Crippen molar-refractivity contribution >= 4 is 5.78 Å². The lowest BCUT2D eigenvalue weighted by molar-refractivity contribution is -0.354. The first-order chi connectivity index (χ1) is 19.5. The number of phenolic OH excluding ortho intramolecular Hbond substituents is 2. The molecule has 2 fully saturated rings. The largest absolute Gasteiger partial charge is 0.508 e. The number of aromatic hydroxyl groups is 2. The fourth-order valence-corrected chi connectivity index (χ4v) is 5.07. The summed E-state index contributed by atoms with van der Waals surface area (Å²) < 4.78 is 28.6. The molecule has 43 heavy (non-hydrogen) atoms. The Morgan fingerprint density at radius 2 is 1.53 bits per heavy atom. The first-order valence-electron chi connectivity index (χ1n) is 13.0. The van der Waals surface area contributed by atoms with E-state index in [0.717, 1.165) is 6.07 Å². The minimum Gasteiger partial charge on any atom is -0.508 e. The average molecular weight is 617 g/mol. The SMILES string of the molecule is C[C@@H]1O[C@@H](O[C@H]2[C@H](Oc3cc(O)c4c(c3)O[C@H](c3ccc(O)cc3)CC4=O)O[C@H](CO)[C@@H](O)[C@@H]2O)[C@H](O)[C@H](O)[C@H]1O.O.O. The quantitative estimate of drug-likeness (QED) is 0.163. The molecule has 3 aliphatic heterocycles. The average Bonchev–Trinajstić information content (AvgIpc) is 2.94. The van der Waals surface area contributed by atoms with E-state index in [-0.39, 0.29) is 40.2 Å². The van der Waals surface area contributed by atoms with Crippen molar-refractivity contribution < 1.29 is 80.3 Å². The van der Waals surface area contributed by atoms with Crippen molar-refractivity contribution in [1.82, 2.24) is 0 Å². The molecule has 0 amide bonds. The van der Waals surface area contributed by atoms with Gasteiger partial charge in [-0.1, -0.05) is 12.1 Å². The molecule has 2 saturated heterocycles. The van der Waals surface area contributed by atoms with Crippen LogP contribution in [0.2, 0.25) is 0 Å². The number of hydrogen-bond acceptors (Lipinski definition) is 14. The van der Waals surface area contributed by atoms with Crippen LogP contribution in [0.25, 0.3) is 0 Å². The number of phenols is 2. The van der Waals surface area contributed by atoms with E-state index in [9.17, 15) is 45.6 Å². The van der Waals surface area contributed by atoms with Gasteiger partial charge in [0, 0.05) is 12.1 Å². The summed E-state index contributed by atoms with van der Waals surface area (Å²) in [5.74, 6) is -0.947.